The molecule has 28 heavy (non-hydrogen) atoms. The lowest BCUT2D eigenvalue weighted by atomic mass is 10.1. The average molecular weight is 393 g/mol. The van der Waals surface area contributed by atoms with Gasteiger partial charge in [0, 0.05) is 40.9 Å². The molecule has 0 aliphatic carbocycles. The number of anilines is 2. The lowest BCUT2D eigenvalue weighted by Crippen LogP contribution is -1.97. The normalized spacial score (nSPS) is 10.7. The van der Waals surface area contributed by atoms with Crippen molar-refractivity contribution < 1.29 is 9.85 Å². The van der Waals surface area contributed by atoms with Gasteiger partial charge in [-0.3, -0.25) is 20.2 Å². The number of hydrogen-bond acceptors (Lipinski definition) is 8. The number of non-ortho nitro benzene ring substituents is 2. The van der Waals surface area contributed by atoms with Gasteiger partial charge in [-0.15, -0.1) is 11.3 Å². The van der Waals surface area contributed by atoms with Crippen molar-refractivity contribution in [3.8, 4) is 11.1 Å². The molecule has 4 aromatic rings. The fourth-order valence-electron chi connectivity index (χ4n) is 2.80. The van der Waals surface area contributed by atoms with Crippen LogP contribution < -0.4 is 5.32 Å². The zero-order chi connectivity index (χ0) is 19.7. The molecule has 0 bridgehead atoms. The van der Waals surface area contributed by atoms with E-state index in [0.717, 1.165) is 5.56 Å². The van der Waals surface area contributed by atoms with E-state index in [9.17, 15) is 20.2 Å². The van der Waals surface area contributed by atoms with Gasteiger partial charge in [-0.1, -0.05) is 18.2 Å². The summed E-state index contributed by atoms with van der Waals surface area (Å²) in [4.78, 5) is 30.4. The molecule has 0 saturated carbocycles. The summed E-state index contributed by atoms with van der Waals surface area (Å²) in [5, 5.41) is 27.7. The van der Waals surface area contributed by atoms with Crippen molar-refractivity contribution in [2.24, 2.45) is 0 Å². The minimum atomic E-state index is -0.472. The average Bonchev–Trinajstić information content (AvgIpc) is 3.13. The summed E-state index contributed by atoms with van der Waals surface area (Å²) in [7, 11) is 0. The van der Waals surface area contributed by atoms with Crippen LogP contribution in [0.5, 0.6) is 0 Å². The van der Waals surface area contributed by atoms with Gasteiger partial charge in [-0.05, 0) is 11.6 Å². The van der Waals surface area contributed by atoms with E-state index < -0.39 is 9.85 Å². The molecule has 2 aromatic carbocycles. The summed E-state index contributed by atoms with van der Waals surface area (Å²) in [6, 6.07) is 12.4. The van der Waals surface area contributed by atoms with Crippen LogP contribution in [0.4, 0.5) is 22.9 Å². The summed E-state index contributed by atoms with van der Waals surface area (Å²) in [6.45, 7) is 0. The maximum Gasteiger partial charge on any atom is 0.271 e. The van der Waals surface area contributed by atoms with E-state index in [1.165, 1.54) is 41.9 Å². The SMILES string of the molecule is O=[N+]([O-])c1cccc(Nc2ncnc3scc(-c4cccc([N+](=O)[O-])c4)c23)c1. The third-order valence-corrected chi connectivity index (χ3v) is 4.94. The van der Waals surface area contributed by atoms with Crippen LogP contribution in [0.1, 0.15) is 0 Å². The van der Waals surface area contributed by atoms with E-state index >= 15 is 0 Å². The number of rotatable bonds is 5. The molecule has 9 nitrogen and oxygen atoms in total. The number of nitrogens with zero attached hydrogens (tertiary/aromatic N) is 4. The van der Waals surface area contributed by atoms with Gasteiger partial charge in [-0.2, -0.15) is 0 Å². The Balaban J connectivity index is 1.82. The van der Waals surface area contributed by atoms with Gasteiger partial charge in [0.05, 0.1) is 15.2 Å². The standard InChI is InChI=1S/C18H11N5O4S/c24-22(25)13-5-1-3-11(7-13)15-9-28-18-16(15)17(19-10-20-18)21-12-4-2-6-14(8-12)23(26)27/h1-10H,(H,19,20,21). The van der Waals surface area contributed by atoms with Crippen LogP contribution >= 0.6 is 11.3 Å². The highest BCUT2D eigenvalue weighted by Crippen LogP contribution is 2.38. The zero-order valence-corrected chi connectivity index (χ0v) is 14.9. The van der Waals surface area contributed by atoms with Crippen LogP contribution in [0.25, 0.3) is 21.3 Å². The predicted molar refractivity (Wildman–Crippen MR) is 106 cm³/mol. The Morgan fingerprint density at radius 1 is 0.929 bits per heavy atom. The zero-order valence-electron chi connectivity index (χ0n) is 14.1. The Hall–Kier alpha value is -3.92. The Bertz CT molecular complexity index is 1220. The number of nitro groups is 2. The summed E-state index contributed by atoms with van der Waals surface area (Å²) in [5.41, 5.74) is 1.86. The van der Waals surface area contributed by atoms with Crippen LogP contribution in [0.2, 0.25) is 0 Å². The van der Waals surface area contributed by atoms with Crippen LogP contribution in [0.15, 0.2) is 60.2 Å². The number of thiophene rings is 1. The van der Waals surface area contributed by atoms with E-state index in [-0.39, 0.29) is 11.4 Å². The molecule has 0 unspecified atom stereocenters. The molecule has 0 aliphatic heterocycles. The van der Waals surface area contributed by atoms with E-state index in [0.29, 0.717) is 27.3 Å². The second-order valence-corrected chi connectivity index (χ2v) is 6.65. The monoisotopic (exact) mass is 393 g/mol. The van der Waals surface area contributed by atoms with Gasteiger partial charge < -0.3 is 5.32 Å². The Kier molecular flexibility index (Phi) is 4.38. The molecular weight excluding hydrogens is 382 g/mol. The van der Waals surface area contributed by atoms with E-state index in [2.05, 4.69) is 15.3 Å². The maximum absolute atomic E-state index is 11.1. The minimum Gasteiger partial charge on any atom is -0.339 e. The van der Waals surface area contributed by atoms with Crippen molar-refractivity contribution in [3.05, 3.63) is 80.5 Å². The quantitative estimate of drug-likeness (QED) is 0.377. The highest BCUT2D eigenvalue weighted by atomic mass is 32.1. The van der Waals surface area contributed by atoms with Crippen molar-refractivity contribution in [3.63, 3.8) is 0 Å². The van der Waals surface area contributed by atoms with Crippen molar-refractivity contribution in [1.82, 2.24) is 9.97 Å². The van der Waals surface area contributed by atoms with Crippen LogP contribution in [0, 0.1) is 20.2 Å². The number of fused-ring (bicyclic) bond motifs is 1. The molecule has 0 atom stereocenters. The van der Waals surface area contributed by atoms with Crippen molar-refractivity contribution >= 4 is 44.4 Å². The van der Waals surface area contributed by atoms with E-state index in [1.54, 1.807) is 24.3 Å². The van der Waals surface area contributed by atoms with E-state index in [1.807, 2.05) is 5.38 Å². The lowest BCUT2D eigenvalue weighted by molar-refractivity contribution is -0.385. The fraction of sp³-hybridized carbons (Fsp3) is 0. The van der Waals surface area contributed by atoms with Gasteiger partial charge in [0.2, 0.25) is 0 Å². The van der Waals surface area contributed by atoms with Crippen LogP contribution in [-0.4, -0.2) is 19.8 Å². The van der Waals surface area contributed by atoms with Gasteiger partial charge in [0.1, 0.15) is 17.0 Å². The molecular formula is C18H11N5O4S. The molecule has 138 valence electrons. The van der Waals surface area contributed by atoms with E-state index in [4.69, 9.17) is 0 Å². The summed E-state index contributed by atoms with van der Waals surface area (Å²) in [6.07, 6.45) is 1.40. The highest BCUT2D eigenvalue weighted by molar-refractivity contribution is 7.17. The van der Waals surface area contributed by atoms with Gasteiger partial charge >= 0.3 is 0 Å². The first-order valence-corrected chi connectivity index (χ1v) is 8.89. The minimum absolute atomic E-state index is 0.0121. The smallest absolute Gasteiger partial charge is 0.271 e. The number of benzene rings is 2. The Morgan fingerprint density at radius 2 is 1.64 bits per heavy atom. The molecule has 2 aromatic heterocycles. The maximum atomic E-state index is 11.1. The molecule has 0 saturated heterocycles. The molecule has 0 aliphatic rings. The third kappa shape index (κ3) is 3.23. The number of aromatic nitrogens is 2. The Morgan fingerprint density at radius 3 is 2.39 bits per heavy atom. The second-order valence-electron chi connectivity index (χ2n) is 5.79. The molecule has 2 heterocycles. The first kappa shape index (κ1) is 17.5. The second kappa shape index (κ2) is 7.00. The summed E-state index contributed by atoms with van der Waals surface area (Å²) < 4.78 is 0. The first-order valence-electron chi connectivity index (χ1n) is 8.01. The molecule has 1 N–H and O–H groups in total. The molecule has 0 radical (unpaired) electrons. The predicted octanol–water partition coefficient (Wildman–Crippen LogP) is 4.92. The van der Waals surface area contributed by atoms with Crippen LogP contribution in [-0.2, 0) is 0 Å². The highest BCUT2D eigenvalue weighted by Gasteiger charge is 2.16. The topological polar surface area (TPSA) is 124 Å². The molecule has 4 rings (SSSR count). The van der Waals surface area contributed by atoms with Crippen molar-refractivity contribution in [1.29, 1.82) is 0 Å². The van der Waals surface area contributed by atoms with Crippen molar-refractivity contribution in [2.75, 3.05) is 5.32 Å². The number of nitrogens with one attached hydrogen (secondary N) is 1. The lowest BCUT2D eigenvalue weighted by Gasteiger charge is -2.08. The molecule has 10 heteroatoms. The van der Waals surface area contributed by atoms with Crippen molar-refractivity contribution in [2.45, 2.75) is 0 Å². The van der Waals surface area contributed by atoms with Gasteiger partial charge in [0.25, 0.3) is 11.4 Å². The number of hydrogen-bond donors (Lipinski definition) is 1. The largest absolute Gasteiger partial charge is 0.339 e. The molecule has 0 fully saturated rings. The molecule has 0 spiro atoms. The van der Waals surface area contributed by atoms with Gasteiger partial charge in [0.15, 0.2) is 0 Å². The Labute approximate surface area is 161 Å². The molecule has 0 amide bonds. The summed E-state index contributed by atoms with van der Waals surface area (Å²) >= 11 is 1.39. The summed E-state index contributed by atoms with van der Waals surface area (Å²) in [5.74, 6) is 0.466. The van der Waals surface area contributed by atoms with Gasteiger partial charge in [-0.25, -0.2) is 9.97 Å². The fourth-order valence-corrected chi connectivity index (χ4v) is 3.72. The third-order valence-electron chi connectivity index (χ3n) is 4.06. The number of nitro benzene ring substituents is 2. The first-order chi connectivity index (χ1) is 13.5. The van der Waals surface area contributed by atoms with Crippen LogP contribution in [0.3, 0.4) is 0 Å².